The number of nitrogens with zero attached hydrogens (tertiary/aromatic N) is 2. The van der Waals surface area contributed by atoms with Crippen LogP contribution >= 0.6 is 11.3 Å². The molecule has 94 valence electrons. The molecule has 0 bridgehead atoms. The normalized spacial score (nSPS) is 15.6. The van der Waals surface area contributed by atoms with Crippen molar-refractivity contribution in [1.29, 1.82) is 0 Å². The zero-order valence-corrected chi connectivity index (χ0v) is 11.4. The Morgan fingerprint density at radius 1 is 1.47 bits per heavy atom. The Bertz CT molecular complexity index is 445. The summed E-state index contributed by atoms with van der Waals surface area (Å²) in [4.78, 5) is 5.64. The first-order valence-electron chi connectivity index (χ1n) is 5.99. The average Bonchev–Trinajstić information content (AvgIpc) is 2.84. The molecule has 0 spiro atoms. The van der Waals surface area contributed by atoms with Crippen LogP contribution in [-0.2, 0) is 6.42 Å². The van der Waals surface area contributed by atoms with Gasteiger partial charge < -0.3 is 0 Å². The van der Waals surface area contributed by atoms with E-state index in [4.69, 9.17) is 5.84 Å². The maximum atomic E-state index is 5.65. The van der Waals surface area contributed by atoms with E-state index in [1.165, 1.54) is 0 Å². The first-order valence-corrected chi connectivity index (χ1v) is 6.87. The predicted octanol–water partition coefficient (Wildman–Crippen LogP) is 2.06. The molecule has 0 aliphatic heterocycles. The monoisotopic (exact) mass is 252 g/mol. The van der Waals surface area contributed by atoms with Crippen molar-refractivity contribution in [3.8, 4) is 0 Å². The molecule has 2 rings (SSSR count). The Balaban J connectivity index is 2.10. The van der Waals surface area contributed by atoms with Gasteiger partial charge in [0.1, 0.15) is 0 Å². The van der Waals surface area contributed by atoms with Crippen molar-refractivity contribution in [2.75, 3.05) is 0 Å². The molecule has 2 atom stereocenters. The van der Waals surface area contributed by atoms with Crippen molar-refractivity contribution in [1.82, 2.24) is 14.8 Å². The molecule has 2 heterocycles. The molecule has 17 heavy (non-hydrogen) atoms. The van der Waals surface area contributed by atoms with E-state index in [2.05, 4.69) is 41.8 Å². The second kappa shape index (κ2) is 5.16. The fourth-order valence-corrected chi connectivity index (χ4v) is 2.68. The minimum absolute atomic E-state index is 0.277. The van der Waals surface area contributed by atoms with Gasteiger partial charge in [-0.05, 0) is 11.8 Å². The summed E-state index contributed by atoms with van der Waals surface area (Å²) in [5, 5.41) is 2.04. The molecule has 2 aromatic rings. The van der Waals surface area contributed by atoms with Crippen LogP contribution in [0.4, 0.5) is 0 Å². The van der Waals surface area contributed by atoms with Crippen LogP contribution in [0.1, 0.15) is 26.5 Å². The van der Waals surface area contributed by atoms with Gasteiger partial charge in [0, 0.05) is 30.2 Å². The van der Waals surface area contributed by atoms with Crippen LogP contribution in [0.2, 0.25) is 0 Å². The lowest BCUT2D eigenvalue weighted by Gasteiger charge is -2.25. The van der Waals surface area contributed by atoms with Gasteiger partial charge in [0.25, 0.3) is 0 Å². The van der Waals surface area contributed by atoms with Crippen LogP contribution in [0.15, 0.2) is 17.8 Å². The molecular weight excluding hydrogens is 232 g/mol. The minimum atomic E-state index is 0.277. The highest BCUT2D eigenvalue weighted by Crippen LogP contribution is 2.19. The smallest absolute Gasteiger partial charge is 0.193 e. The number of fused-ring (bicyclic) bond motifs is 1. The van der Waals surface area contributed by atoms with Crippen LogP contribution in [0, 0.1) is 11.8 Å². The van der Waals surface area contributed by atoms with E-state index < -0.39 is 0 Å². The molecule has 0 aromatic carbocycles. The zero-order valence-electron chi connectivity index (χ0n) is 10.6. The highest BCUT2D eigenvalue weighted by atomic mass is 32.1. The molecule has 0 fully saturated rings. The van der Waals surface area contributed by atoms with Crippen molar-refractivity contribution in [3.63, 3.8) is 0 Å². The number of rotatable bonds is 5. The maximum Gasteiger partial charge on any atom is 0.193 e. The number of imidazole rings is 1. The minimum Gasteiger partial charge on any atom is -0.297 e. The number of nitrogens with two attached hydrogens (primary N) is 1. The summed E-state index contributed by atoms with van der Waals surface area (Å²) in [5.41, 5.74) is 4.03. The Hall–Kier alpha value is -0.910. The number of hydrazine groups is 1. The van der Waals surface area contributed by atoms with Crippen LogP contribution in [0.25, 0.3) is 4.96 Å². The third-order valence-corrected chi connectivity index (χ3v) is 4.24. The fraction of sp³-hybridized carbons (Fsp3) is 0.583. The third kappa shape index (κ3) is 2.68. The number of thiazole rings is 1. The summed E-state index contributed by atoms with van der Waals surface area (Å²) in [5.74, 6) is 6.79. The van der Waals surface area contributed by atoms with Crippen molar-refractivity contribution < 1.29 is 0 Å². The molecule has 0 aliphatic carbocycles. The summed E-state index contributed by atoms with van der Waals surface area (Å²) in [6, 6.07) is 0.277. The van der Waals surface area contributed by atoms with Gasteiger partial charge in [-0.3, -0.25) is 15.7 Å². The molecule has 0 saturated carbocycles. The highest BCUT2D eigenvalue weighted by Gasteiger charge is 2.20. The van der Waals surface area contributed by atoms with E-state index in [0.717, 1.165) is 17.1 Å². The molecule has 0 amide bonds. The maximum absolute atomic E-state index is 5.65. The first-order chi connectivity index (χ1) is 8.11. The van der Waals surface area contributed by atoms with Gasteiger partial charge in [-0.25, -0.2) is 4.98 Å². The van der Waals surface area contributed by atoms with E-state index in [0.29, 0.717) is 11.8 Å². The molecule has 5 heteroatoms. The Morgan fingerprint density at radius 2 is 2.24 bits per heavy atom. The topological polar surface area (TPSA) is 55.3 Å². The second-order valence-electron chi connectivity index (χ2n) is 4.91. The van der Waals surface area contributed by atoms with Gasteiger partial charge in [-0.2, -0.15) is 0 Å². The molecule has 0 saturated heterocycles. The van der Waals surface area contributed by atoms with Gasteiger partial charge in [0.15, 0.2) is 4.96 Å². The van der Waals surface area contributed by atoms with E-state index >= 15 is 0 Å². The Morgan fingerprint density at radius 3 is 2.82 bits per heavy atom. The zero-order chi connectivity index (χ0) is 12.4. The highest BCUT2D eigenvalue weighted by molar-refractivity contribution is 7.15. The van der Waals surface area contributed by atoms with Crippen LogP contribution in [0.5, 0.6) is 0 Å². The van der Waals surface area contributed by atoms with Gasteiger partial charge in [0.05, 0.1) is 5.69 Å². The molecule has 4 nitrogen and oxygen atoms in total. The number of hydrogen-bond acceptors (Lipinski definition) is 4. The van der Waals surface area contributed by atoms with Crippen LogP contribution in [0.3, 0.4) is 0 Å². The van der Waals surface area contributed by atoms with Gasteiger partial charge >= 0.3 is 0 Å². The lowest BCUT2D eigenvalue weighted by molar-refractivity contribution is 0.298. The average molecular weight is 252 g/mol. The lowest BCUT2D eigenvalue weighted by Crippen LogP contribution is -2.43. The molecule has 3 N–H and O–H groups in total. The van der Waals surface area contributed by atoms with Gasteiger partial charge in [-0.15, -0.1) is 11.3 Å². The van der Waals surface area contributed by atoms with E-state index in [9.17, 15) is 0 Å². The SMILES string of the molecule is CC(C)C(C)C(Cc1cn2ccsc2n1)NN. The largest absolute Gasteiger partial charge is 0.297 e. The van der Waals surface area contributed by atoms with Crippen molar-refractivity contribution in [2.24, 2.45) is 17.7 Å². The summed E-state index contributed by atoms with van der Waals surface area (Å²) in [7, 11) is 0. The van der Waals surface area contributed by atoms with Crippen molar-refractivity contribution in [3.05, 3.63) is 23.5 Å². The molecule has 0 aliphatic rings. The van der Waals surface area contributed by atoms with Crippen LogP contribution < -0.4 is 11.3 Å². The predicted molar refractivity (Wildman–Crippen MR) is 71.9 cm³/mol. The van der Waals surface area contributed by atoms with Gasteiger partial charge in [-0.1, -0.05) is 20.8 Å². The Labute approximate surface area is 106 Å². The Kier molecular flexibility index (Phi) is 3.81. The number of aromatic nitrogens is 2. The summed E-state index contributed by atoms with van der Waals surface area (Å²) < 4.78 is 2.06. The lowest BCUT2D eigenvalue weighted by atomic mass is 9.88. The molecule has 2 unspecified atom stereocenters. The van der Waals surface area contributed by atoms with E-state index in [-0.39, 0.29) is 6.04 Å². The number of nitrogens with one attached hydrogen (secondary N) is 1. The summed E-state index contributed by atoms with van der Waals surface area (Å²) >= 11 is 1.66. The summed E-state index contributed by atoms with van der Waals surface area (Å²) in [6.45, 7) is 6.68. The fourth-order valence-electron chi connectivity index (χ4n) is 1.96. The number of hydrogen-bond donors (Lipinski definition) is 2. The van der Waals surface area contributed by atoms with E-state index in [1.54, 1.807) is 11.3 Å². The molecular formula is C12H20N4S. The molecule has 0 radical (unpaired) electrons. The van der Waals surface area contributed by atoms with Gasteiger partial charge in [0.2, 0.25) is 0 Å². The second-order valence-corrected chi connectivity index (χ2v) is 5.78. The van der Waals surface area contributed by atoms with Crippen molar-refractivity contribution in [2.45, 2.75) is 33.2 Å². The third-order valence-electron chi connectivity index (χ3n) is 3.47. The van der Waals surface area contributed by atoms with Crippen LogP contribution in [-0.4, -0.2) is 15.4 Å². The van der Waals surface area contributed by atoms with E-state index in [1.807, 2.05) is 11.6 Å². The quantitative estimate of drug-likeness (QED) is 0.632. The van der Waals surface area contributed by atoms with Crippen molar-refractivity contribution >= 4 is 16.3 Å². The molecule has 2 aromatic heterocycles. The first kappa shape index (κ1) is 12.5. The standard InChI is InChI=1S/C12H20N4S/c1-8(2)9(3)11(15-13)6-10-7-16-4-5-17-12(16)14-10/h4-5,7-9,11,15H,6,13H2,1-3H3. The summed E-state index contributed by atoms with van der Waals surface area (Å²) in [6.07, 6.45) is 5.00.